The Morgan fingerprint density at radius 3 is 2.95 bits per heavy atom. The normalized spacial score (nSPS) is 14.2. The summed E-state index contributed by atoms with van der Waals surface area (Å²) >= 11 is 0. The van der Waals surface area contributed by atoms with Gasteiger partial charge in [-0.15, -0.1) is 0 Å². The monoisotopic (exact) mass is 271 g/mol. The van der Waals surface area contributed by atoms with Gasteiger partial charge in [0.1, 0.15) is 12.7 Å². The maximum atomic E-state index is 11.9. The number of benzene rings is 1. The second-order valence-corrected chi connectivity index (χ2v) is 4.98. The van der Waals surface area contributed by atoms with Crippen molar-refractivity contribution in [2.24, 2.45) is 5.92 Å². The summed E-state index contributed by atoms with van der Waals surface area (Å²) in [4.78, 5) is 15.8. The van der Waals surface area contributed by atoms with Crippen molar-refractivity contribution >= 4 is 11.6 Å². The molecule has 3 rings (SSSR count). The fourth-order valence-corrected chi connectivity index (χ4v) is 2.02. The topological polar surface area (TPSA) is 71.8 Å². The summed E-state index contributed by atoms with van der Waals surface area (Å²) in [6.45, 7) is 1.26. The number of nitrogens with zero attached hydrogens (tertiary/aromatic N) is 3. The second kappa shape index (κ2) is 5.83. The number of anilines is 1. The summed E-state index contributed by atoms with van der Waals surface area (Å²) in [5.41, 5.74) is 1.54. The van der Waals surface area contributed by atoms with Crippen LogP contribution in [-0.2, 0) is 4.79 Å². The van der Waals surface area contributed by atoms with Gasteiger partial charge in [0.2, 0.25) is 5.91 Å². The molecule has 0 aliphatic heterocycles. The summed E-state index contributed by atoms with van der Waals surface area (Å²) in [6.07, 6.45) is 5.64. The van der Waals surface area contributed by atoms with E-state index in [0.29, 0.717) is 6.54 Å². The van der Waals surface area contributed by atoms with Crippen molar-refractivity contribution in [1.29, 1.82) is 0 Å². The van der Waals surface area contributed by atoms with E-state index >= 15 is 0 Å². The van der Waals surface area contributed by atoms with Gasteiger partial charge in [-0.2, -0.15) is 5.10 Å². The molecule has 0 atom stereocenters. The average molecular weight is 271 g/mol. The van der Waals surface area contributed by atoms with Gasteiger partial charge in [-0.25, -0.2) is 9.67 Å². The molecule has 0 bridgehead atoms. The van der Waals surface area contributed by atoms with Crippen LogP contribution in [0.5, 0.6) is 0 Å². The first-order valence-electron chi connectivity index (χ1n) is 6.77. The lowest BCUT2D eigenvalue weighted by molar-refractivity contribution is -0.115. The number of nitrogens with one attached hydrogen (secondary N) is 2. The van der Waals surface area contributed by atoms with Crippen molar-refractivity contribution in [1.82, 2.24) is 20.1 Å². The van der Waals surface area contributed by atoms with Crippen molar-refractivity contribution in [2.45, 2.75) is 12.8 Å². The van der Waals surface area contributed by atoms with Crippen LogP contribution in [0.1, 0.15) is 12.8 Å². The zero-order valence-corrected chi connectivity index (χ0v) is 11.1. The van der Waals surface area contributed by atoms with Gasteiger partial charge < -0.3 is 10.6 Å². The molecule has 6 heteroatoms. The van der Waals surface area contributed by atoms with Crippen LogP contribution in [0.3, 0.4) is 0 Å². The van der Waals surface area contributed by atoms with Gasteiger partial charge in [0.15, 0.2) is 0 Å². The van der Waals surface area contributed by atoms with Crippen molar-refractivity contribution in [3.63, 3.8) is 0 Å². The highest BCUT2D eigenvalue weighted by Gasteiger charge is 2.20. The molecule has 104 valence electrons. The molecule has 1 amide bonds. The largest absolute Gasteiger partial charge is 0.323 e. The van der Waals surface area contributed by atoms with E-state index in [2.05, 4.69) is 20.7 Å². The number of para-hydroxylation sites is 2. The summed E-state index contributed by atoms with van der Waals surface area (Å²) in [6, 6.07) is 7.53. The summed E-state index contributed by atoms with van der Waals surface area (Å²) in [5, 5.41) is 10.2. The van der Waals surface area contributed by atoms with Gasteiger partial charge in [0.05, 0.1) is 17.9 Å². The van der Waals surface area contributed by atoms with E-state index in [0.717, 1.165) is 23.8 Å². The Kier molecular flexibility index (Phi) is 3.73. The smallest absolute Gasteiger partial charge is 0.238 e. The molecule has 1 heterocycles. The number of hydrogen-bond donors (Lipinski definition) is 2. The number of carbonyl (C=O) groups excluding carboxylic acids is 1. The Bertz CT molecular complexity index is 577. The third-order valence-electron chi connectivity index (χ3n) is 3.26. The second-order valence-electron chi connectivity index (χ2n) is 4.98. The van der Waals surface area contributed by atoms with Gasteiger partial charge in [-0.1, -0.05) is 12.1 Å². The van der Waals surface area contributed by atoms with Crippen LogP contribution in [0.4, 0.5) is 5.69 Å². The Morgan fingerprint density at radius 1 is 1.35 bits per heavy atom. The lowest BCUT2D eigenvalue weighted by atomic mass is 10.2. The van der Waals surface area contributed by atoms with Crippen molar-refractivity contribution in [3.05, 3.63) is 36.9 Å². The summed E-state index contributed by atoms with van der Waals surface area (Å²) < 4.78 is 1.63. The van der Waals surface area contributed by atoms with Crippen molar-refractivity contribution < 1.29 is 4.79 Å². The highest BCUT2D eigenvalue weighted by molar-refractivity contribution is 5.94. The minimum Gasteiger partial charge on any atom is -0.323 e. The zero-order chi connectivity index (χ0) is 13.8. The summed E-state index contributed by atoms with van der Waals surface area (Å²) in [7, 11) is 0. The van der Waals surface area contributed by atoms with E-state index in [4.69, 9.17) is 0 Å². The first-order valence-corrected chi connectivity index (χ1v) is 6.77. The van der Waals surface area contributed by atoms with Gasteiger partial charge in [-0.3, -0.25) is 4.79 Å². The molecule has 1 saturated carbocycles. The molecule has 0 spiro atoms. The van der Waals surface area contributed by atoms with Gasteiger partial charge in [0, 0.05) is 0 Å². The van der Waals surface area contributed by atoms with E-state index < -0.39 is 0 Å². The first-order chi connectivity index (χ1) is 9.83. The van der Waals surface area contributed by atoms with E-state index in [1.54, 1.807) is 11.0 Å². The number of carbonyl (C=O) groups is 1. The molecule has 2 aromatic rings. The SMILES string of the molecule is O=C(CNCC1CC1)Nc1ccccc1-n1cncn1. The maximum absolute atomic E-state index is 11.9. The van der Waals surface area contributed by atoms with E-state index in [1.807, 2.05) is 24.3 Å². The van der Waals surface area contributed by atoms with Crippen molar-refractivity contribution in [2.75, 3.05) is 18.4 Å². The van der Waals surface area contributed by atoms with Crippen LogP contribution in [0, 0.1) is 5.92 Å². The van der Waals surface area contributed by atoms with Crippen LogP contribution < -0.4 is 10.6 Å². The lowest BCUT2D eigenvalue weighted by Gasteiger charge is -2.11. The average Bonchev–Trinajstić information content (AvgIpc) is 3.11. The number of hydrogen-bond acceptors (Lipinski definition) is 4. The predicted molar refractivity (Wildman–Crippen MR) is 75.6 cm³/mol. The van der Waals surface area contributed by atoms with Gasteiger partial charge >= 0.3 is 0 Å². The van der Waals surface area contributed by atoms with E-state index in [-0.39, 0.29) is 5.91 Å². The molecule has 6 nitrogen and oxygen atoms in total. The maximum Gasteiger partial charge on any atom is 0.238 e. The number of rotatable bonds is 6. The van der Waals surface area contributed by atoms with Crippen molar-refractivity contribution in [3.8, 4) is 5.69 Å². The fraction of sp³-hybridized carbons (Fsp3) is 0.357. The minimum absolute atomic E-state index is 0.0433. The molecule has 1 aromatic heterocycles. The lowest BCUT2D eigenvalue weighted by Crippen LogP contribution is -2.29. The molecule has 1 fully saturated rings. The van der Waals surface area contributed by atoms with Crippen LogP contribution >= 0.6 is 0 Å². The molecule has 1 aliphatic rings. The molecule has 2 N–H and O–H groups in total. The molecular weight excluding hydrogens is 254 g/mol. The molecule has 1 aliphatic carbocycles. The molecule has 0 saturated heterocycles. The summed E-state index contributed by atoms with van der Waals surface area (Å²) in [5.74, 6) is 0.725. The Labute approximate surface area is 117 Å². The van der Waals surface area contributed by atoms with Gasteiger partial charge in [0.25, 0.3) is 0 Å². The highest BCUT2D eigenvalue weighted by Crippen LogP contribution is 2.27. The number of aromatic nitrogens is 3. The van der Waals surface area contributed by atoms with E-state index in [9.17, 15) is 4.79 Å². The first kappa shape index (κ1) is 12.8. The Morgan fingerprint density at radius 2 is 2.20 bits per heavy atom. The molecule has 20 heavy (non-hydrogen) atoms. The molecule has 0 unspecified atom stereocenters. The van der Waals surface area contributed by atoms with E-state index in [1.165, 1.54) is 19.2 Å². The highest BCUT2D eigenvalue weighted by atomic mass is 16.1. The zero-order valence-electron chi connectivity index (χ0n) is 11.1. The third-order valence-corrected chi connectivity index (χ3v) is 3.26. The fourth-order valence-electron chi connectivity index (χ4n) is 2.02. The number of amides is 1. The Balaban J connectivity index is 1.62. The molecule has 1 aromatic carbocycles. The predicted octanol–water partition coefficient (Wildman–Crippen LogP) is 1.21. The standard InChI is InChI=1S/C14H17N5O/c20-14(8-15-7-11-5-6-11)18-12-3-1-2-4-13(12)19-10-16-9-17-19/h1-4,9-11,15H,5-8H2,(H,18,20). The molecular formula is C14H17N5O. The minimum atomic E-state index is -0.0433. The van der Waals surface area contributed by atoms with Crippen LogP contribution in [0.2, 0.25) is 0 Å². The van der Waals surface area contributed by atoms with Crippen LogP contribution in [-0.4, -0.2) is 33.8 Å². The Hall–Kier alpha value is -2.21. The third kappa shape index (κ3) is 3.21. The van der Waals surface area contributed by atoms with Crippen LogP contribution in [0.15, 0.2) is 36.9 Å². The van der Waals surface area contributed by atoms with Crippen LogP contribution in [0.25, 0.3) is 5.69 Å². The quantitative estimate of drug-likeness (QED) is 0.828. The molecule has 0 radical (unpaired) electrons. The van der Waals surface area contributed by atoms with Gasteiger partial charge in [-0.05, 0) is 37.4 Å².